The van der Waals surface area contributed by atoms with Crippen molar-refractivity contribution in [3.05, 3.63) is 17.6 Å². The molecule has 17 heavy (non-hydrogen) atoms. The van der Waals surface area contributed by atoms with E-state index in [4.69, 9.17) is 5.73 Å². The van der Waals surface area contributed by atoms with E-state index in [9.17, 15) is 4.79 Å². The van der Waals surface area contributed by atoms with Crippen molar-refractivity contribution >= 4 is 38.9 Å². The van der Waals surface area contributed by atoms with E-state index >= 15 is 0 Å². The van der Waals surface area contributed by atoms with Gasteiger partial charge < -0.3 is 15.8 Å². The number of nitrogens with two attached hydrogens (primary N) is 1. The number of nitrogen functional groups attached to an aromatic ring is 1. The molecule has 0 saturated carbocycles. The van der Waals surface area contributed by atoms with Gasteiger partial charge in [-0.05, 0) is 12.1 Å². The van der Waals surface area contributed by atoms with Crippen LogP contribution in [-0.4, -0.2) is 24.6 Å². The van der Waals surface area contributed by atoms with E-state index in [1.54, 1.807) is 16.8 Å². The molecule has 0 atom stereocenters. The van der Waals surface area contributed by atoms with Gasteiger partial charge in [-0.15, -0.1) is 11.3 Å². The van der Waals surface area contributed by atoms with Gasteiger partial charge in [0, 0.05) is 6.54 Å². The third kappa shape index (κ3) is 2.47. The molecule has 1 aromatic heterocycles. The zero-order chi connectivity index (χ0) is 12.3. The normalized spacial score (nSPS) is 10.4. The van der Waals surface area contributed by atoms with E-state index in [1.807, 2.05) is 12.1 Å². The first-order valence-corrected chi connectivity index (χ1v) is 6.02. The lowest BCUT2D eigenvalue weighted by molar-refractivity contribution is -0.140. The highest BCUT2D eigenvalue weighted by Gasteiger charge is 2.07. The van der Waals surface area contributed by atoms with Crippen LogP contribution in [0.5, 0.6) is 0 Å². The van der Waals surface area contributed by atoms with Crippen LogP contribution in [0.2, 0.25) is 0 Å². The third-order valence-electron chi connectivity index (χ3n) is 2.41. The Balaban J connectivity index is 2.08. The number of aromatic nitrogens is 1. The molecule has 1 heterocycles. The van der Waals surface area contributed by atoms with Crippen molar-refractivity contribution in [2.24, 2.45) is 0 Å². The van der Waals surface area contributed by atoms with Gasteiger partial charge in [-0.2, -0.15) is 0 Å². The molecule has 0 amide bonds. The van der Waals surface area contributed by atoms with Gasteiger partial charge in [0.25, 0.3) is 0 Å². The van der Waals surface area contributed by atoms with Gasteiger partial charge in [-0.25, -0.2) is 4.98 Å². The predicted molar refractivity (Wildman–Crippen MR) is 69.2 cm³/mol. The summed E-state index contributed by atoms with van der Waals surface area (Å²) in [5.41, 5.74) is 9.96. The van der Waals surface area contributed by atoms with Crippen LogP contribution in [-0.2, 0) is 9.53 Å². The maximum absolute atomic E-state index is 11.0. The Morgan fingerprint density at radius 2 is 2.41 bits per heavy atom. The lowest BCUT2D eigenvalue weighted by atomic mass is 10.2. The van der Waals surface area contributed by atoms with Crippen molar-refractivity contribution in [1.82, 2.24) is 4.98 Å². The van der Waals surface area contributed by atoms with Gasteiger partial charge in [-0.1, -0.05) is 0 Å². The van der Waals surface area contributed by atoms with Gasteiger partial charge in [0.1, 0.15) is 5.52 Å². The topological polar surface area (TPSA) is 77.2 Å². The highest BCUT2D eigenvalue weighted by Crippen LogP contribution is 2.29. The average molecular weight is 251 g/mol. The van der Waals surface area contributed by atoms with Gasteiger partial charge in [-0.3, -0.25) is 4.79 Å². The molecule has 0 aliphatic heterocycles. The smallest absolute Gasteiger partial charge is 0.307 e. The summed E-state index contributed by atoms with van der Waals surface area (Å²) in [6.07, 6.45) is 0.311. The first-order chi connectivity index (χ1) is 8.22. The first-order valence-electron chi connectivity index (χ1n) is 5.14. The lowest BCUT2D eigenvalue weighted by Crippen LogP contribution is -2.10. The fourth-order valence-corrected chi connectivity index (χ4v) is 2.20. The zero-order valence-electron chi connectivity index (χ0n) is 9.40. The van der Waals surface area contributed by atoms with Crippen molar-refractivity contribution in [2.45, 2.75) is 6.42 Å². The summed E-state index contributed by atoms with van der Waals surface area (Å²) in [7, 11) is 1.37. The Hall–Kier alpha value is -1.82. The second kappa shape index (κ2) is 5.01. The van der Waals surface area contributed by atoms with E-state index in [-0.39, 0.29) is 5.97 Å². The number of esters is 1. The summed E-state index contributed by atoms with van der Waals surface area (Å²) in [5.74, 6) is -0.245. The van der Waals surface area contributed by atoms with E-state index in [1.165, 1.54) is 7.11 Å². The summed E-state index contributed by atoms with van der Waals surface area (Å²) in [4.78, 5) is 15.2. The minimum Gasteiger partial charge on any atom is -0.469 e. The number of ether oxygens (including phenoxy) is 1. The molecule has 0 fully saturated rings. The number of nitrogens with one attached hydrogen (secondary N) is 1. The Bertz CT molecular complexity index is 538. The third-order valence-corrected chi connectivity index (χ3v) is 3.21. The molecular formula is C11H13N3O2S. The van der Waals surface area contributed by atoms with Crippen molar-refractivity contribution in [3.63, 3.8) is 0 Å². The molecule has 0 aliphatic rings. The lowest BCUT2D eigenvalue weighted by Gasteiger charge is -2.08. The molecule has 6 heteroatoms. The quantitative estimate of drug-likeness (QED) is 0.640. The van der Waals surface area contributed by atoms with Gasteiger partial charge in [0.15, 0.2) is 0 Å². The van der Waals surface area contributed by atoms with Crippen molar-refractivity contribution in [3.8, 4) is 0 Å². The number of fused-ring (bicyclic) bond motifs is 1. The second-order valence-electron chi connectivity index (χ2n) is 3.48. The number of hydrogen-bond acceptors (Lipinski definition) is 6. The van der Waals surface area contributed by atoms with Crippen molar-refractivity contribution in [1.29, 1.82) is 0 Å². The molecule has 3 N–H and O–H groups in total. The first kappa shape index (κ1) is 11.7. The minimum absolute atomic E-state index is 0.245. The van der Waals surface area contributed by atoms with Gasteiger partial charge >= 0.3 is 5.97 Å². The molecule has 0 saturated heterocycles. The van der Waals surface area contributed by atoms with Gasteiger partial charge in [0.2, 0.25) is 0 Å². The standard InChI is InChI=1S/C11H13N3O2S/c1-16-9(15)4-5-13-7-2-3-8-11(10(7)12)14-6-17-8/h2-3,6,13H,4-5,12H2,1H3. The Labute approximate surface area is 103 Å². The fraction of sp³-hybridized carbons (Fsp3) is 0.273. The number of carbonyl (C=O) groups is 1. The monoisotopic (exact) mass is 251 g/mol. The number of carbonyl (C=O) groups excluding carboxylic acids is 1. The summed E-state index contributed by atoms with van der Waals surface area (Å²) < 4.78 is 5.61. The van der Waals surface area contributed by atoms with Crippen LogP contribution in [0.3, 0.4) is 0 Å². The second-order valence-corrected chi connectivity index (χ2v) is 4.37. The molecule has 2 aromatic rings. The molecule has 0 aliphatic carbocycles. The SMILES string of the molecule is COC(=O)CCNc1ccc2scnc2c1N. The number of nitrogens with zero attached hydrogens (tertiary/aromatic N) is 1. The molecule has 2 rings (SSSR count). The number of thiazole rings is 1. The maximum atomic E-state index is 11.0. The van der Waals surface area contributed by atoms with Crippen molar-refractivity contribution < 1.29 is 9.53 Å². The Morgan fingerprint density at radius 1 is 1.59 bits per heavy atom. The molecule has 1 aromatic carbocycles. The zero-order valence-corrected chi connectivity index (χ0v) is 10.2. The number of methoxy groups -OCH3 is 1. The summed E-state index contributed by atoms with van der Waals surface area (Å²) in [6.45, 7) is 0.493. The highest BCUT2D eigenvalue weighted by atomic mass is 32.1. The number of benzene rings is 1. The Kier molecular flexibility index (Phi) is 3.43. The van der Waals surface area contributed by atoms with Crippen LogP contribution in [0, 0.1) is 0 Å². The molecule has 0 spiro atoms. The number of rotatable bonds is 4. The van der Waals surface area contributed by atoms with Crippen LogP contribution in [0.1, 0.15) is 6.42 Å². The molecule has 0 unspecified atom stereocenters. The fourth-order valence-electron chi connectivity index (χ4n) is 1.51. The minimum atomic E-state index is -0.245. The van der Waals surface area contributed by atoms with E-state index in [0.29, 0.717) is 18.7 Å². The average Bonchev–Trinajstić information content (AvgIpc) is 2.81. The van der Waals surface area contributed by atoms with Crippen LogP contribution in [0.15, 0.2) is 17.6 Å². The van der Waals surface area contributed by atoms with Crippen LogP contribution in [0.4, 0.5) is 11.4 Å². The number of hydrogen-bond donors (Lipinski definition) is 2. The maximum Gasteiger partial charge on any atom is 0.307 e. The highest BCUT2D eigenvalue weighted by molar-refractivity contribution is 7.16. The van der Waals surface area contributed by atoms with E-state index in [2.05, 4.69) is 15.0 Å². The molecule has 5 nitrogen and oxygen atoms in total. The number of anilines is 2. The van der Waals surface area contributed by atoms with Crippen LogP contribution in [0.25, 0.3) is 10.2 Å². The molecule has 0 bridgehead atoms. The van der Waals surface area contributed by atoms with Crippen molar-refractivity contribution in [2.75, 3.05) is 24.7 Å². The molecule has 90 valence electrons. The summed E-state index contributed by atoms with van der Waals surface area (Å²) in [6, 6.07) is 3.86. The van der Waals surface area contributed by atoms with Crippen LogP contribution >= 0.6 is 11.3 Å². The molecular weight excluding hydrogens is 238 g/mol. The largest absolute Gasteiger partial charge is 0.469 e. The van der Waals surface area contributed by atoms with E-state index in [0.717, 1.165) is 15.9 Å². The summed E-state index contributed by atoms with van der Waals surface area (Å²) >= 11 is 1.55. The van der Waals surface area contributed by atoms with Gasteiger partial charge in [0.05, 0.1) is 35.1 Å². The molecule has 0 radical (unpaired) electrons. The van der Waals surface area contributed by atoms with E-state index < -0.39 is 0 Å². The predicted octanol–water partition coefficient (Wildman–Crippen LogP) is 1.85. The Morgan fingerprint density at radius 3 is 3.18 bits per heavy atom. The van der Waals surface area contributed by atoms with Crippen LogP contribution < -0.4 is 11.1 Å². The summed E-state index contributed by atoms with van der Waals surface area (Å²) in [5, 5.41) is 3.10.